The maximum atomic E-state index is 13.0. The van der Waals surface area contributed by atoms with E-state index in [4.69, 9.17) is 9.72 Å². The van der Waals surface area contributed by atoms with Crippen LogP contribution in [-0.2, 0) is 23.3 Å². The average molecular weight is 435 g/mol. The number of aromatic nitrogens is 5. The van der Waals surface area contributed by atoms with Crippen molar-refractivity contribution >= 4 is 40.1 Å². The normalized spacial score (nSPS) is 11.7. The number of hydrogen-bond acceptors (Lipinski definition) is 7. The van der Waals surface area contributed by atoms with Gasteiger partial charge in [-0.2, -0.15) is 5.10 Å². The zero-order chi connectivity index (χ0) is 23.0. The van der Waals surface area contributed by atoms with Gasteiger partial charge in [0.05, 0.1) is 17.3 Å². The summed E-state index contributed by atoms with van der Waals surface area (Å²) < 4.78 is 8.24. The van der Waals surface area contributed by atoms with E-state index in [9.17, 15) is 9.59 Å². The second-order valence-electron chi connectivity index (χ2n) is 8.49. The van der Waals surface area contributed by atoms with Gasteiger partial charge in [-0.3, -0.25) is 18.8 Å². The van der Waals surface area contributed by atoms with Gasteiger partial charge in [0.15, 0.2) is 12.4 Å². The number of hydrogen-bond donors (Lipinski definition) is 2. The number of nitrogens with zero attached hydrogens (tertiary/aromatic N) is 5. The minimum atomic E-state index is -0.432. The van der Waals surface area contributed by atoms with E-state index in [0.717, 1.165) is 16.6 Å². The maximum Gasteiger partial charge on any atom is 0.294 e. The fourth-order valence-corrected chi connectivity index (χ4v) is 3.55. The van der Waals surface area contributed by atoms with Crippen molar-refractivity contribution in [3.05, 3.63) is 36.2 Å². The van der Waals surface area contributed by atoms with Crippen LogP contribution >= 0.6 is 0 Å². The molecular weight excluding hydrogens is 410 g/mol. The van der Waals surface area contributed by atoms with Crippen LogP contribution in [0.2, 0.25) is 0 Å². The number of aryl methyl sites for hydroxylation is 1. The first-order valence-electron chi connectivity index (χ1n) is 10.1. The Morgan fingerprint density at radius 2 is 2.06 bits per heavy atom. The number of rotatable bonds is 6. The molecule has 0 unspecified atom stereocenters. The zero-order valence-electron chi connectivity index (χ0n) is 18.6. The number of carbonyl (C=O) groups excluding carboxylic acids is 2. The summed E-state index contributed by atoms with van der Waals surface area (Å²) in [6, 6.07) is 5.95. The third kappa shape index (κ3) is 3.86. The first-order chi connectivity index (χ1) is 15.2. The van der Waals surface area contributed by atoms with Crippen LogP contribution in [0.5, 0.6) is 0 Å². The fourth-order valence-electron chi connectivity index (χ4n) is 3.55. The van der Waals surface area contributed by atoms with Gasteiger partial charge in [0.1, 0.15) is 16.9 Å². The minimum Gasteiger partial charge on any atom is -0.446 e. The number of benzene rings is 1. The van der Waals surface area contributed by atoms with Crippen LogP contribution in [0.3, 0.4) is 0 Å². The molecule has 0 aliphatic heterocycles. The van der Waals surface area contributed by atoms with Crippen LogP contribution in [-0.4, -0.2) is 49.3 Å². The van der Waals surface area contributed by atoms with Crippen molar-refractivity contribution < 1.29 is 14.3 Å². The van der Waals surface area contributed by atoms with Crippen molar-refractivity contribution in [1.82, 2.24) is 29.6 Å². The monoisotopic (exact) mass is 435 g/mol. The van der Waals surface area contributed by atoms with Gasteiger partial charge < -0.3 is 15.4 Å². The molecule has 0 atom stereocenters. The third-order valence-corrected chi connectivity index (χ3v) is 4.96. The van der Waals surface area contributed by atoms with Gasteiger partial charge in [0, 0.05) is 36.9 Å². The summed E-state index contributed by atoms with van der Waals surface area (Å²) in [5, 5.41) is 11.6. The van der Waals surface area contributed by atoms with Crippen LogP contribution in [0.25, 0.3) is 33.5 Å². The van der Waals surface area contributed by atoms with Gasteiger partial charge in [0.2, 0.25) is 0 Å². The van der Waals surface area contributed by atoms with Crippen molar-refractivity contribution in [1.29, 1.82) is 0 Å². The molecule has 1 aromatic carbocycles. The molecule has 4 rings (SSSR count). The molecule has 0 saturated heterocycles. The molecule has 10 nitrogen and oxygen atoms in total. The van der Waals surface area contributed by atoms with Crippen LogP contribution in [0.1, 0.15) is 31.1 Å². The molecule has 0 aliphatic carbocycles. The Kier molecular flexibility index (Phi) is 5.29. The topological polar surface area (TPSA) is 116 Å². The minimum absolute atomic E-state index is 0.0733. The van der Waals surface area contributed by atoms with Gasteiger partial charge in [-0.15, -0.1) is 0 Å². The van der Waals surface area contributed by atoms with Crippen molar-refractivity contribution in [3.63, 3.8) is 0 Å². The predicted octanol–water partition coefficient (Wildman–Crippen LogP) is 2.69. The van der Waals surface area contributed by atoms with Crippen LogP contribution in [0.15, 0.2) is 30.6 Å². The summed E-state index contributed by atoms with van der Waals surface area (Å²) in [7, 11) is 3.73. The highest BCUT2D eigenvalue weighted by Gasteiger charge is 2.23. The molecule has 0 radical (unpaired) electrons. The van der Waals surface area contributed by atoms with Crippen molar-refractivity contribution in [3.8, 4) is 11.4 Å². The number of amides is 1. The lowest BCUT2D eigenvalue weighted by molar-refractivity contribution is -0.131. The van der Waals surface area contributed by atoms with Crippen molar-refractivity contribution in [2.45, 2.75) is 33.0 Å². The number of fused-ring (bicyclic) bond motifs is 2. The molecule has 10 heteroatoms. The van der Waals surface area contributed by atoms with E-state index in [1.807, 2.05) is 53.1 Å². The van der Waals surface area contributed by atoms with E-state index in [2.05, 4.69) is 20.7 Å². The number of anilines is 1. The van der Waals surface area contributed by atoms with E-state index < -0.39 is 5.54 Å². The Hall–Kier alpha value is -3.95. The summed E-state index contributed by atoms with van der Waals surface area (Å²) in [4.78, 5) is 32.9. The largest absolute Gasteiger partial charge is 0.446 e. The molecule has 2 N–H and O–H groups in total. The van der Waals surface area contributed by atoms with Gasteiger partial charge in [0.25, 0.3) is 12.4 Å². The molecule has 0 aliphatic rings. The fraction of sp³-hybridized carbons (Fsp3) is 0.318. The summed E-state index contributed by atoms with van der Waals surface area (Å²) in [6.07, 6.45) is 3.20. The molecule has 166 valence electrons. The van der Waals surface area contributed by atoms with E-state index in [1.54, 1.807) is 21.6 Å². The Bertz CT molecular complexity index is 1330. The van der Waals surface area contributed by atoms with Gasteiger partial charge in [-0.1, -0.05) is 0 Å². The Labute approximate surface area is 184 Å². The van der Waals surface area contributed by atoms with Gasteiger partial charge >= 0.3 is 0 Å². The summed E-state index contributed by atoms with van der Waals surface area (Å²) in [5.74, 6) is -0.289. The lowest BCUT2D eigenvalue weighted by atomic mass is 10.1. The molecule has 0 fully saturated rings. The molecule has 3 heterocycles. The zero-order valence-corrected chi connectivity index (χ0v) is 18.6. The highest BCUT2D eigenvalue weighted by Crippen LogP contribution is 2.30. The molecule has 1 amide bonds. The van der Waals surface area contributed by atoms with E-state index in [-0.39, 0.29) is 12.6 Å². The molecule has 32 heavy (non-hydrogen) atoms. The standard InChI is InChI=1S/C22H25N7O3/c1-22(2,3)26-21(31)15-10-29(11-32-12-30)20-19(15)25-16(9-24-20)18-14-7-6-13(23-4)8-17(14)28(5)27-18/h6-10,12,23H,11H2,1-5H3,(H,26,31). The SMILES string of the molecule is CNc1ccc2c(-c3cnc4c(n3)c(C(=O)NC(C)(C)C)cn4COC=O)nn(C)c2c1. The Morgan fingerprint density at radius 3 is 2.75 bits per heavy atom. The molecule has 4 aromatic rings. The first-order valence-corrected chi connectivity index (χ1v) is 10.1. The van der Waals surface area contributed by atoms with E-state index in [0.29, 0.717) is 34.6 Å². The Balaban J connectivity index is 1.88. The average Bonchev–Trinajstić information content (AvgIpc) is 3.28. The van der Waals surface area contributed by atoms with Gasteiger partial charge in [-0.25, -0.2) is 9.97 Å². The lowest BCUT2D eigenvalue weighted by Crippen LogP contribution is -2.40. The molecule has 3 aromatic heterocycles. The van der Waals surface area contributed by atoms with Gasteiger partial charge in [-0.05, 0) is 39.0 Å². The molecule has 0 saturated carbocycles. The lowest BCUT2D eigenvalue weighted by Gasteiger charge is -2.20. The summed E-state index contributed by atoms with van der Waals surface area (Å²) in [6.45, 7) is 5.97. The van der Waals surface area contributed by atoms with Crippen LogP contribution in [0.4, 0.5) is 5.69 Å². The Morgan fingerprint density at radius 1 is 1.28 bits per heavy atom. The molecule has 0 spiro atoms. The smallest absolute Gasteiger partial charge is 0.294 e. The quantitative estimate of drug-likeness (QED) is 0.447. The second-order valence-corrected chi connectivity index (χ2v) is 8.49. The second kappa shape index (κ2) is 7.95. The van der Waals surface area contributed by atoms with Crippen molar-refractivity contribution in [2.24, 2.45) is 7.05 Å². The molecule has 0 bridgehead atoms. The maximum absolute atomic E-state index is 13.0. The van der Waals surface area contributed by atoms with Crippen LogP contribution in [0, 0.1) is 0 Å². The highest BCUT2D eigenvalue weighted by atomic mass is 16.5. The first kappa shape index (κ1) is 21.3. The van der Waals surface area contributed by atoms with E-state index in [1.165, 1.54) is 0 Å². The summed E-state index contributed by atoms with van der Waals surface area (Å²) >= 11 is 0. The number of ether oxygens (including phenoxy) is 1. The van der Waals surface area contributed by atoms with Crippen molar-refractivity contribution in [2.75, 3.05) is 12.4 Å². The summed E-state index contributed by atoms with van der Waals surface area (Å²) in [5.41, 5.74) is 3.88. The van der Waals surface area contributed by atoms with E-state index >= 15 is 0 Å². The number of nitrogens with one attached hydrogen (secondary N) is 2. The third-order valence-electron chi connectivity index (χ3n) is 4.96. The number of carbonyl (C=O) groups is 2. The predicted molar refractivity (Wildman–Crippen MR) is 121 cm³/mol. The highest BCUT2D eigenvalue weighted by molar-refractivity contribution is 6.05. The van der Waals surface area contributed by atoms with Crippen LogP contribution < -0.4 is 10.6 Å². The molecular formula is C22H25N7O3.